The molecule has 0 atom stereocenters. The van der Waals surface area contributed by atoms with E-state index in [9.17, 15) is 9.90 Å². The number of hydrogen-bond acceptors (Lipinski definition) is 4. The summed E-state index contributed by atoms with van der Waals surface area (Å²) >= 11 is 5.16. The van der Waals surface area contributed by atoms with Crippen LogP contribution in [0.1, 0.15) is 48.0 Å². The maximum Gasteiger partial charge on any atom is 0.335 e. The summed E-state index contributed by atoms with van der Waals surface area (Å²) in [5.41, 5.74) is 3.08. The Kier molecular flexibility index (Phi) is 5.71. The minimum Gasteiger partial charge on any atom is -0.507 e. The first-order valence-electron chi connectivity index (χ1n) is 7.22. The second kappa shape index (κ2) is 7.74. The summed E-state index contributed by atoms with van der Waals surface area (Å²) in [6.45, 7) is 0. The van der Waals surface area contributed by atoms with Gasteiger partial charge in [-0.15, -0.1) is 0 Å². The lowest BCUT2D eigenvalue weighted by Crippen LogP contribution is -2.40. The van der Waals surface area contributed by atoms with Crippen LogP contribution in [-0.4, -0.2) is 33.6 Å². The van der Waals surface area contributed by atoms with Crippen molar-refractivity contribution in [3.63, 3.8) is 0 Å². The number of carbonyl (C=O) groups is 1. The monoisotopic (exact) mass is 321 g/mol. The number of benzene rings is 1. The molecule has 0 radical (unpaired) electrons. The zero-order valence-electron chi connectivity index (χ0n) is 12.1. The Labute approximate surface area is 134 Å². The first kappa shape index (κ1) is 16.2. The fraction of sp³-hybridized carbons (Fsp3) is 0.400. The maximum atomic E-state index is 10.9. The van der Waals surface area contributed by atoms with E-state index in [0.29, 0.717) is 16.7 Å². The molecule has 0 saturated heterocycles. The summed E-state index contributed by atoms with van der Waals surface area (Å²) in [5.74, 6) is -1.10. The largest absolute Gasteiger partial charge is 0.507 e. The first-order chi connectivity index (χ1) is 10.6. The van der Waals surface area contributed by atoms with Gasteiger partial charge in [0.05, 0.1) is 11.8 Å². The van der Waals surface area contributed by atoms with Crippen LogP contribution in [0, 0.1) is 0 Å². The van der Waals surface area contributed by atoms with E-state index in [0.717, 1.165) is 12.8 Å². The summed E-state index contributed by atoms with van der Waals surface area (Å²) in [5, 5.41) is 26.2. The summed E-state index contributed by atoms with van der Waals surface area (Å²) in [6, 6.07) is 4.38. The highest BCUT2D eigenvalue weighted by atomic mass is 32.1. The highest BCUT2D eigenvalue weighted by Crippen LogP contribution is 2.17. The van der Waals surface area contributed by atoms with Crippen LogP contribution >= 0.6 is 12.2 Å². The van der Waals surface area contributed by atoms with E-state index < -0.39 is 5.97 Å². The first-order valence-corrected chi connectivity index (χ1v) is 7.63. The lowest BCUT2D eigenvalue weighted by atomic mass is 9.96. The third-order valence-electron chi connectivity index (χ3n) is 3.58. The average Bonchev–Trinajstić information content (AvgIpc) is 2.50. The molecule has 0 bridgehead atoms. The van der Waals surface area contributed by atoms with Crippen molar-refractivity contribution in [3.05, 3.63) is 29.3 Å². The molecule has 4 N–H and O–H groups in total. The standard InChI is InChI=1S/C15H19N3O3S/c19-13-7-6-10(14(20)21)8-11(13)9-16-18-15(22)17-12-4-2-1-3-5-12/h6-9,12,19H,1-5H2,(H,20,21)(H2,17,18,22)/b16-9+. The number of hydrogen-bond donors (Lipinski definition) is 4. The number of nitrogens with zero attached hydrogens (tertiary/aromatic N) is 1. The lowest BCUT2D eigenvalue weighted by Gasteiger charge is -2.23. The normalized spacial score (nSPS) is 15.6. The van der Waals surface area contributed by atoms with Crippen LogP contribution in [0.2, 0.25) is 0 Å². The zero-order chi connectivity index (χ0) is 15.9. The van der Waals surface area contributed by atoms with E-state index in [1.165, 1.54) is 43.7 Å². The van der Waals surface area contributed by atoms with Crippen LogP contribution in [0.4, 0.5) is 0 Å². The van der Waals surface area contributed by atoms with Crippen LogP contribution in [0.3, 0.4) is 0 Å². The van der Waals surface area contributed by atoms with Gasteiger partial charge >= 0.3 is 5.97 Å². The highest BCUT2D eigenvalue weighted by Gasteiger charge is 2.13. The van der Waals surface area contributed by atoms with Crippen LogP contribution in [-0.2, 0) is 0 Å². The number of rotatable bonds is 4. The van der Waals surface area contributed by atoms with Crippen molar-refractivity contribution in [2.24, 2.45) is 5.10 Å². The van der Waals surface area contributed by atoms with Crippen LogP contribution < -0.4 is 10.7 Å². The molecule has 0 aliphatic heterocycles. The van der Waals surface area contributed by atoms with Gasteiger partial charge in [-0.25, -0.2) is 4.79 Å². The van der Waals surface area contributed by atoms with Crippen molar-refractivity contribution in [2.75, 3.05) is 0 Å². The second-order valence-electron chi connectivity index (χ2n) is 5.26. The molecule has 2 rings (SSSR count). The minimum absolute atomic E-state index is 0.0401. The molecule has 1 aromatic rings. The summed E-state index contributed by atoms with van der Waals surface area (Å²) in [4.78, 5) is 10.9. The predicted molar refractivity (Wildman–Crippen MR) is 88.4 cm³/mol. The third-order valence-corrected chi connectivity index (χ3v) is 3.79. The maximum absolute atomic E-state index is 10.9. The van der Waals surface area contributed by atoms with Gasteiger partial charge in [0.2, 0.25) is 0 Å². The van der Waals surface area contributed by atoms with Crippen molar-refractivity contribution >= 4 is 29.5 Å². The Morgan fingerprint density at radius 2 is 2.05 bits per heavy atom. The van der Waals surface area contributed by atoms with Crippen molar-refractivity contribution in [1.82, 2.24) is 10.7 Å². The van der Waals surface area contributed by atoms with Crippen molar-refractivity contribution in [1.29, 1.82) is 0 Å². The SMILES string of the molecule is O=C(O)c1ccc(O)c(/C=N/NC(=S)NC2CCCCC2)c1. The van der Waals surface area contributed by atoms with Crippen LogP contribution in [0.5, 0.6) is 5.75 Å². The number of phenols is 1. The molecule has 22 heavy (non-hydrogen) atoms. The molecule has 1 aliphatic carbocycles. The molecule has 6 nitrogen and oxygen atoms in total. The van der Waals surface area contributed by atoms with Gasteiger partial charge in [-0.2, -0.15) is 5.10 Å². The number of carboxylic acids is 1. The number of nitrogens with one attached hydrogen (secondary N) is 2. The Morgan fingerprint density at radius 3 is 2.73 bits per heavy atom. The van der Waals surface area contributed by atoms with E-state index in [2.05, 4.69) is 15.8 Å². The summed E-state index contributed by atoms with van der Waals surface area (Å²) in [6.07, 6.45) is 7.24. The van der Waals surface area contributed by atoms with E-state index in [1.54, 1.807) is 0 Å². The van der Waals surface area contributed by atoms with Gasteiger partial charge in [-0.1, -0.05) is 19.3 Å². The molecule has 0 aromatic heterocycles. The predicted octanol–water partition coefficient (Wildman–Crippen LogP) is 2.22. The average molecular weight is 321 g/mol. The number of thiocarbonyl (C=S) groups is 1. The number of aromatic hydroxyl groups is 1. The Balaban J connectivity index is 1.90. The van der Waals surface area contributed by atoms with Crippen molar-refractivity contribution in [3.8, 4) is 5.75 Å². The fourth-order valence-corrected chi connectivity index (χ4v) is 2.64. The van der Waals surface area contributed by atoms with E-state index in [-0.39, 0.29) is 11.3 Å². The van der Waals surface area contributed by atoms with Crippen LogP contribution in [0.15, 0.2) is 23.3 Å². The van der Waals surface area contributed by atoms with Gasteiger partial charge in [0.1, 0.15) is 5.75 Å². The number of hydrazone groups is 1. The molecule has 118 valence electrons. The minimum atomic E-state index is -1.06. The second-order valence-corrected chi connectivity index (χ2v) is 5.67. The number of phenolic OH excluding ortho intramolecular Hbond substituents is 1. The Bertz CT molecular complexity index is 583. The van der Waals surface area contributed by atoms with Gasteiger partial charge in [0.25, 0.3) is 0 Å². The topological polar surface area (TPSA) is 94.0 Å². The van der Waals surface area contributed by atoms with E-state index >= 15 is 0 Å². The molecular formula is C15H19N3O3S. The van der Waals surface area contributed by atoms with E-state index in [1.807, 2.05) is 0 Å². The van der Waals surface area contributed by atoms with Crippen molar-refractivity contribution < 1.29 is 15.0 Å². The third kappa shape index (κ3) is 4.70. The van der Waals surface area contributed by atoms with Crippen LogP contribution in [0.25, 0.3) is 0 Å². The summed E-state index contributed by atoms with van der Waals surface area (Å²) in [7, 11) is 0. The molecule has 1 saturated carbocycles. The molecule has 1 fully saturated rings. The molecule has 0 amide bonds. The molecular weight excluding hydrogens is 302 g/mol. The summed E-state index contributed by atoms with van der Waals surface area (Å²) < 4.78 is 0. The quantitative estimate of drug-likeness (QED) is 0.386. The molecule has 7 heteroatoms. The molecule has 0 unspecified atom stereocenters. The van der Waals surface area contributed by atoms with E-state index in [4.69, 9.17) is 17.3 Å². The number of aromatic carboxylic acids is 1. The lowest BCUT2D eigenvalue weighted by molar-refractivity contribution is 0.0697. The Hall–Kier alpha value is -2.15. The molecule has 1 aliphatic rings. The van der Waals surface area contributed by atoms with Gasteiger partial charge in [0, 0.05) is 11.6 Å². The number of carboxylic acid groups (broad SMARTS) is 1. The Morgan fingerprint density at radius 1 is 1.32 bits per heavy atom. The van der Waals surface area contributed by atoms with Gasteiger partial charge < -0.3 is 15.5 Å². The van der Waals surface area contributed by atoms with Gasteiger partial charge in [-0.3, -0.25) is 5.43 Å². The molecule has 0 spiro atoms. The fourth-order valence-electron chi connectivity index (χ4n) is 2.42. The smallest absolute Gasteiger partial charge is 0.335 e. The zero-order valence-corrected chi connectivity index (χ0v) is 12.9. The van der Waals surface area contributed by atoms with Gasteiger partial charge in [0.15, 0.2) is 5.11 Å². The van der Waals surface area contributed by atoms with Crippen molar-refractivity contribution in [2.45, 2.75) is 38.1 Å². The highest BCUT2D eigenvalue weighted by molar-refractivity contribution is 7.80. The van der Waals surface area contributed by atoms with Gasteiger partial charge in [-0.05, 0) is 43.3 Å². The molecule has 0 heterocycles. The molecule has 1 aromatic carbocycles.